The van der Waals surface area contributed by atoms with Gasteiger partial charge >= 0.3 is 0 Å². The smallest absolute Gasteiger partial charge is 0.221 e. The second-order valence-electron chi connectivity index (χ2n) is 8.04. The molecular formula is C23H27ClN2O. The first-order chi connectivity index (χ1) is 12.8. The van der Waals surface area contributed by atoms with Gasteiger partial charge in [0, 0.05) is 40.0 Å². The van der Waals surface area contributed by atoms with Crippen LogP contribution < -0.4 is 5.32 Å². The monoisotopic (exact) mass is 382 g/mol. The molecule has 0 bridgehead atoms. The fraction of sp³-hybridized carbons (Fsp3) is 0.348. The Balaban J connectivity index is 2.04. The zero-order valence-corrected chi connectivity index (χ0v) is 17.2. The minimum absolute atomic E-state index is 0.0366. The minimum Gasteiger partial charge on any atom is -0.361 e. The highest BCUT2D eigenvalue weighted by molar-refractivity contribution is 6.30. The van der Waals surface area contributed by atoms with Gasteiger partial charge in [0.1, 0.15) is 0 Å². The molecule has 1 amide bonds. The lowest BCUT2D eigenvalue weighted by Gasteiger charge is -2.23. The van der Waals surface area contributed by atoms with E-state index in [0.717, 1.165) is 23.1 Å². The van der Waals surface area contributed by atoms with Crippen LogP contribution in [0.5, 0.6) is 0 Å². The van der Waals surface area contributed by atoms with E-state index < -0.39 is 0 Å². The molecule has 0 aliphatic rings. The zero-order valence-electron chi connectivity index (χ0n) is 16.4. The first-order valence-corrected chi connectivity index (χ1v) is 9.81. The van der Waals surface area contributed by atoms with E-state index in [1.807, 2.05) is 51.2 Å². The number of carbonyl (C=O) groups excluding carboxylic acids is 1. The van der Waals surface area contributed by atoms with E-state index in [1.54, 1.807) is 0 Å². The van der Waals surface area contributed by atoms with Crippen LogP contribution in [-0.4, -0.2) is 16.4 Å². The van der Waals surface area contributed by atoms with Gasteiger partial charge in [-0.05, 0) is 56.0 Å². The number of hydrogen-bond donors (Lipinski definition) is 2. The molecule has 2 N–H and O–H groups in total. The van der Waals surface area contributed by atoms with Crippen LogP contribution in [0.2, 0.25) is 5.02 Å². The number of carbonyl (C=O) groups is 1. The van der Waals surface area contributed by atoms with Crippen molar-refractivity contribution >= 4 is 28.4 Å². The molecule has 1 atom stereocenters. The molecule has 0 aliphatic heterocycles. The van der Waals surface area contributed by atoms with E-state index in [1.165, 1.54) is 10.9 Å². The minimum atomic E-state index is -0.253. The fourth-order valence-electron chi connectivity index (χ4n) is 3.58. The number of hydrogen-bond acceptors (Lipinski definition) is 1. The average Bonchev–Trinajstić information content (AvgIpc) is 3.03. The standard InChI is InChI=1S/C23H27ClN2O/c1-5-15-7-6-8-18-20(14-25-22(15)18)19(13-21(27)26-23(2,3)4)16-9-11-17(24)12-10-16/h6-12,14,19,25H,5,13H2,1-4H3,(H,26,27)/t19-/m1/s1. The molecule has 3 nitrogen and oxygen atoms in total. The summed E-state index contributed by atoms with van der Waals surface area (Å²) in [6.07, 6.45) is 3.41. The van der Waals surface area contributed by atoms with Crippen LogP contribution in [0.15, 0.2) is 48.7 Å². The maximum atomic E-state index is 12.7. The summed E-state index contributed by atoms with van der Waals surface area (Å²) < 4.78 is 0. The normalized spacial score (nSPS) is 12.9. The van der Waals surface area contributed by atoms with Gasteiger partial charge in [-0.2, -0.15) is 0 Å². The first-order valence-electron chi connectivity index (χ1n) is 9.44. The summed E-state index contributed by atoms with van der Waals surface area (Å²) in [5.41, 5.74) is 4.42. The maximum Gasteiger partial charge on any atom is 0.221 e. The Morgan fingerprint density at radius 2 is 1.85 bits per heavy atom. The highest BCUT2D eigenvalue weighted by Gasteiger charge is 2.24. The zero-order chi connectivity index (χ0) is 19.6. The third-order valence-electron chi connectivity index (χ3n) is 4.77. The van der Waals surface area contributed by atoms with Crippen molar-refractivity contribution in [2.45, 2.75) is 52.0 Å². The Kier molecular flexibility index (Phi) is 5.61. The van der Waals surface area contributed by atoms with Gasteiger partial charge in [0.2, 0.25) is 5.91 Å². The lowest BCUT2D eigenvalue weighted by molar-refractivity contribution is -0.122. The van der Waals surface area contributed by atoms with Crippen molar-refractivity contribution in [1.29, 1.82) is 0 Å². The molecule has 0 saturated carbocycles. The van der Waals surface area contributed by atoms with E-state index >= 15 is 0 Å². The predicted molar refractivity (Wildman–Crippen MR) is 113 cm³/mol. The summed E-state index contributed by atoms with van der Waals surface area (Å²) in [6, 6.07) is 14.2. The first kappa shape index (κ1) is 19.5. The summed E-state index contributed by atoms with van der Waals surface area (Å²) in [4.78, 5) is 16.1. The van der Waals surface area contributed by atoms with Crippen LogP contribution >= 0.6 is 11.6 Å². The van der Waals surface area contributed by atoms with Gasteiger partial charge in [-0.15, -0.1) is 0 Å². The van der Waals surface area contributed by atoms with Crippen molar-refractivity contribution in [3.63, 3.8) is 0 Å². The molecule has 4 heteroatoms. The van der Waals surface area contributed by atoms with Gasteiger partial charge in [0.15, 0.2) is 0 Å². The summed E-state index contributed by atoms with van der Waals surface area (Å²) in [7, 11) is 0. The SMILES string of the molecule is CCc1cccc2c([C@H](CC(=O)NC(C)(C)C)c3ccc(Cl)cc3)c[nH]c12. The highest BCUT2D eigenvalue weighted by atomic mass is 35.5. The largest absolute Gasteiger partial charge is 0.361 e. The van der Waals surface area contributed by atoms with Crippen LogP contribution in [0, 0.1) is 0 Å². The Morgan fingerprint density at radius 1 is 1.15 bits per heavy atom. The van der Waals surface area contributed by atoms with E-state index in [4.69, 9.17) is 11.6 Å². The molecular weight excluding hydrogens is 356 g/mol. The van der Waals surface area contributed by atoms with Gasteiger partial charge in [-0.25, -0.2) is 0 Å². The summed E-state index contributed by atoms with van der Waals surface area (Å²) in [5.74, 6) is 0.00826. The Morgan fingerprint density at radius 3 is 2.48 bits per heavy atom. The van der Waals surface area contributed by atoms with E-state index in [-0.39, 0.29) is 17.4 Å². The van der Waals surface area contributed by atoms with Crippen LogP contribution in [0.1, 0.15) is 56.7 Å². The Hall–Kier alpha value is -2.26. The number of fused-ring (bicyclic) bond motifs is 1. The molecule has 0 fully saturated rings. The van der Waals surface area contributed by atoms with Crippen molar-refractivity contribution in [2.24, 2.45) is 0 Å². The number of aromatic amines is 1. The van der Waals surface area contributed by atoms with Crippen LogP contribution in [0.3, 0.4) is 0 Å². The summed E-state index contributed by atoms with van der Waals surface area (Å²) in [6.45, 7) is 8.16. The number of H-pyrrole nitrogens is 1. The average molecular weight is 383 g/mol. The summed E-state index contributed by atoms with van der Waals surface area (Å²) in [5, 5.41) is 4.96. The number of nitrogens with one attached hydrogen (secondary N) is 2. The Bertz CT molecular complexity index is 935. The molecule has 0 saturated heterocycles. The van der Waals surface area contributed by atoms with Crippen molar-refractivity contribution in [1.82, 2.24) is 10.3 Å². The number of aromatic nitrogens is 1. The number of amides is 1. The Labute approximate surface area is 166 Å². The molecule has 27 heavy (non-hydrogen) atoms. The van der Waals surface area contributed by atoms with E-state index in [9.17, 15) is 4.79 Å². The maximum absolute atomic E-state index is 12.7. The molecule has 0 aliphatic carbocycles. The van der Waals surface area contributed by atoms with Crippen molar-refractivity contribution in [3.8, 4) is 0 Å². The van der Waals surface area contributed by atoms with Crippen LogP contribution in [0.4, 0.5) is 0 Å². The molecule has 0 radical (unpaired) electrons. The molecule has 142 valence electrons. The number of para-hydroxylation sites is 1. The van der Waals surface area contributed by atoms with Crippen molar-refractivity contribution in [3.05, 3.63) is 70.4 Å². The molecule has 1 heterocycles. The second kappa shape index (κ2) is 7.77. The molecule has 0 unspecified atom stereocenters. The third kappa shape index (κ3) is 4.54. The third-order valence-corrected chi connectivity index (χ3v) is 5.02. The fourth-order valence-corrected chi connectivity index (χ4v) is 3.70. The van der Waals surface area contributed by atoms with E-state index in [2.05, 4.69) is 35.4 Å². The summed E-state index contributed by atoms with van der Waals surface area (Å²) >= 11 is 6.08. The number of aryl methyl sites for hydroxylation is 1. The van der Waals surface area contributed by atoms with Gasteiger partial charge in [0.05, 0.1) is 0 Å². The van der Waals surface area contributed by atoms with Gasteiger partial charge in [-0.1, -0.05) is 48.9 Å². The van der Waals surface area contributed by atoms with Crippen molar-refractivity contribution < 1.29 is 4.79 Å². The highest BCUT2D eigenvalue weighted by Crippen LogP contribution is 2.35. The van der Waals surface area contributed by atoms with Gasteiger partial charge in [0.25, 0.3) is 0 Å². The molecule has 3 aromatic rings. The lowest BCUT2D eigenvalue weighted by atomic mass is 9.87. The quantitative estimate of drug-likeness (QED) is 0.573. The molecule has 1 aromatic heterocycles. The molecule has 0 spiro atoms. The number of rotatable bonds is 5. The van der Waals surface area contributed by atoms with Gasteiger partial charge in [-0.3, -0.25) is 4.79 Å². The number of halogens is 1. The number of benzene rings is 2. The lowest BCUT2D eigenvalue weighted by Crippen LogP contribution is -2.41. The second-order valence-corrected chi connectivity index (χ2v) is 8.48. The molecule has 2 aromatic carbocycles. The van der Waals surface area contributed by atoms with Crippen molar-refractivity contribution in [2.75, 3.05) is 0 Å². The molecule has 3 rings (SSSR count). The van der Waals surface area contributed by atoms with Crippen LogP contribution in [0.25, 0.3) is 10.9 Å². The van der Waals surface area contributed by atoms with E-state index in [0.29, 0.717) is 11.4 Å². The van der Waals surface area contributed by atoms with Gasteiger partial charge < -0.3 is 10.3 Å². The van der Waals surface area contributed by atoms with Crippen LogP contribution in [-0.2, 0) is 11.2 Å². The topological polar surface area (TPSA) is 44.9 Å². The predicted octanol–water partition coefficient (Wildman–Crippen LogP) is 5.82.